The average Bonchev–Trinajstić information content (AvgIpc) is 3.68. The van der Waals surface area contributed by atoms with Crippen LogP contribution in [0.15, 0.2) is 60.8 Å². The fourth-order valence-electron chi connectivity index (χ4n) is 8.42. The standard InChI is InChI=1S/C35H32F2N6.ClH/c36-35(37)25-12-18(19-4-8-27-28(14-19)42-33(41-27)31-21-1-5-22(11-21)40-31)2-6-23(25)24-7-3-20(13-26(24)35)30-16-38-32(43-30)29-15-34(9-10-34)17-39-29;/h2-4,6-8,12-14,16,21-22,29,31,39-40H,1,5,9-11,15,17H2,(H,38,43)(H,41,42);1H/t21-,22+,29-,31-;/m0./s1. The van der Waals surface area contributed by atoms with Gasteiger partial charge in [-0.1, -0.05) is 30.3 Å². The van der Waals surface area contributed by atoms with Crippen LogP contribution >= 0.6 is 12.4 Å². The molecule has 2 aliphatic heterocycles. The second-order valence-electron chi connectivity index (χ2n) is 13.7. The third-order valence-electron chi connectivity index (χ3n) is 11.0. The molecule has 3 aliphatic carbocycles. The molecule has 3 aromatic carbocycles. The summed E-state index contributed by atoms with van der Waals surface area (Å²) in [6, 6.07) is 18.0. The van der Waals surface area contributed by atoms with Crippen LogP contribution in [0.1, 0.15) is 73.4 Å². The fourth-order valence-corrected chi connectivity index (χ4v) is 8.42. The number of nitrogens with one attached hydrogen (secondary N) is 4. The average molecular weight is 611 g/mol. The Morgan fingerprint density at radius 1 is 0.818 bits per heavy atom. The Hall–Kier alpha value is -3.59. The number of hydrogen-bond donors (Lipinski definition) is 4. The number of fused-ring (bicyclic) bond motifs is 6. The van der Waals surface area contributed by atoms with Crippen LogP contribution in [0.3, 0.4) is 0 Å². The van der Waals surface area contributed by atoms with E-state index >= 15 is 8.78 Å². The van der Waals surface area contributed by atoms with E-state index in [2.05, 4.69) is 25.6 Å². The number of halogens is 3. The van der Waals surface area contributed by atoms with E-state index in [0.717, 1.165) is 58.0 Å². The molecule has 2 aromatic heterocycles. The zero-order chi connectivity index (χ0) is 28.5. The largest absolute Gasteiger partial charge is 0.341 e. The third-order valence-corrected chi connectivity index (χ3v) is 11.0. The van der Waals surface area contributed by atoms with Gasteiger partial charge in [-0.05, 0) is 96.4 Å². The highest BCUT2D eigenvalue weighted by atomic mass is 35.5. The van der Waals surface area contributed by atoms with Crippen LogP contribution in [0.4, 0.5) is 8.78 Å². The summed E-state index contributed by atoms with van der Waals surface area (Å²) >= 11 is 0. The van der Waals surface area contributed by atoms with Crippen molar-refractivity contribution >= 4 is 23.4 Å². The molecule has 2 bridgehead atoms. The van der Waals surface area contributed by atoms with Crippen LogP contribution in [0.5, 0.6) is 0 Å². The van der Waals surface area contributed by atoms with Crippen LogP contribution in [-0.2, 0) is 5.92 Å². The van der Waals surface area contributed by atoms with Gasteiger partial charge in [-0.15, -0.1) is 12.4 Å². The zero-order valence-electron chi connectivity index (χ0n) is 24.1. The van der Waals surface area contributed by atoms with Gasteiger partial charge >= 0.3 is 0 Å². The van der Waals surface area contributed by atoms with Gasteiger partial charge < -0.3 is 20.6 Å². The maximum Gasteiger partial charge on any atom is 0.299 e. The predicted octanol–water partition coefficient (Wildman–Crippen LogP) is 7.79. The summed E-state index contributed by atoms with van der Waals surface area (Å²) < 4.78 is 32.2. The number of alkyl halides is 2. The lowest BCUT2D eigenvalue weighted by Gasteiger charge is -2.20. The van der Waals surface area contributed by atoms with Crippen molar-refractivity contribution in [3.8, 4) is 33.5 Å². The smallest absolute Gasteiger partial charge is 0.299 e. The summed E-state index contributed by atoms with van der Waals surface area (Å²) in [6.07, 6.45) is 9.16. The first-order valence-corrected chi connectivity index (χ1v) is 15.6. The van der Waals surface area contributed by atoms with E-state index in [1.165, 1.54) is 32.1 Å². The molecule has 224 valence electrons. The highest BCUT2D eigenvalue weighted by molar-refractivity contribution is 5.87. The Morgan fingerprint density at radius 3 is 2.30 bits per heavy atom. The normalized spacial score (nSPS) is 26.7. The molecule has 6 nitrogen and oxygen atoms in total. The second-order valence-corrected chi connectivity index (χ2v) is 13.7. The molecule has 44 heavy (non-hydrogen) atoms. The number of hydrogen-bond acceptors (Lipinski definition) is 4. The van der Waals surface area contributed by atoms with Crippen LogP contribution in [0, 0.1) is 11.3 Å². The first-order chi connectivity index (χ1) is 20.9. The van der Waals surface area contributed by atoms with Crippen molar-refractivity contribution in [2.75, 3.05) is 6.54 Å². The van der Waals surface area contributed by atoms with Crippen molar-refractivity contribution in [3.63, 3.8) is 0 Å². The molecular weight excluding hydrogens is 578 g/mol. The van der Waals surface area contributed by atoms with E-state index in [1.807, 2.05) is 42.5 Å². The molecule has 9 heteroatoms. The van der Waals surface area contributed by atoms with Crippen molar-refractivity contribution in [3.05, 3.63) is 83.6 Å². The summed E-state index contributed by atoms with van der Waals surface area (Å²) in [5.74, 6) is -0.571. The molecule has 4 atom stereocenters. The summed E-state index contributed by atoms with van der Waals surface area (Å²) in [5.41, 5.74) is 6.79. The fraction of sp³-hybridized carbons (Fsp3) is 0.371. The number of aromatic amines is 2. The van der Waals surface area contributed by atoms with Crippen molar-refractivity contribution in [2.45, 2.75) is 62.6 Å². The van der Waals surface area contributed by atoms with Gasteiger partial charge in [-0.2, -0.15) is 8.78 Å². The van der Waals surface area contributed by atoms with Crippen LogP contribution < -0.4 is 10.6 Å². The van der Waals surface area contributed by atoms with Crippen LogP contribution in [0.25, 0.3) is 44.5 Å². The lowest BCUT2D eigenvalue weighted by molar-refractivity contribution is 0.0481. The Kier molecular flexibility index (Phi) is 5.61. The molecule has 4 N–H and O–H groups in total. The molecule has 2 saturated heterocycles. The van der Waals surface area contributed by atoms with E-state index in [9.17, 15) is 0 Å². The van der Waals surface area contributed by atoms with Crippen molar-refractivity contribution in [2.24, 2.45) is 11.3 Å². The Labute approximate surface area is 259 Å². The van der Waals surface area contributed by atoms with Gasteiger partial charge in [0.05, 0.1) is 35.0 Å². The topological polar surface area (TPSA) is 81.4 Å². The number of H-pyrrole nitrogens is 2. The molecule has 10 rings (SSSR count). The number of benzene rings is 3. The quantitative estimate of drug-likeness (QED) is 0.167. The maximum atomic E-state index is 16.1. The minimum atomic E-state index is -3.09. The van der Waals surface area contributed by atoms with Crippen LogP contribution in [-0.4, -0.2) is 32.5 Å². The predicted molar refractivity (Wildman–Crippen MR) is 169 cm³/mol. The molecule has 0 radical (unpaired) electrons. The summed E-state index contributed by atoms with van der Waals surface area (Å²) in [7, 11) is 0. The van der Waals surface area contributed by atoms with Gasteiger partial charge in [0.15, 0.2) is 0 Å². The summed E-state index contributed by atoms with van der Waals surface area (Å²) in [4.78, 5) is 16.4. The molecule has 1 spiro atoms. The lowest BCUT2D eigenvalue weighted by atomic mass is 9.98. The minimum absolute atomic E-state index is 0. The van der Waals surface area contributed by atoms with E-state index in [1.54, 1.807) is 18.3 Å². The Balaban J connectivity index is 0.00000270. The van der Waals surface area contributed by atoms with Crippen molar-refractivity contribution in [1.29, 1.82) is 0 Å². The highest BCUT2D eigenvalue weighted by Crippen LogP contribution is 2.55. The number of imidazole rings is 2. The van der Waals surface area contributed by atoms with Crippen LogP contribution in [0.2, 0.25) is 0 Å². The Morgan fingerprint density at radius 2 is 1.57 bits per heavy atom. The number of rotatable bonds is 4. The van der Waals surface area contributed by atoms with E-state index in [0.29, 0.717) is 28.5 Å². The summed E-state index contributed by atoms with van der Waals surface area (Å²) in [5, 5.41) is 7.29. The lowest BCUT2D eigenvalue weighted by Crippen LogP contribution is -2.29. The van der Waals surface area contributed by atoms with Gasteiger partial charge in [-0.3, -0.25) is 0 Å². The first-order valence-electron chi connectivity index (χ1n) is 15.6. The zero-order valence-corrected chi connectivity index (χ0v) is 24.9. The SMILES string of the molecule is Cl.FC1(F)c2cc(-c3ccc4nc([C@H]5N[C@@H]6CC[C@H]5C6)[nH]c4c3)ccc2-c2ccc(-c3cnc([C@@H]4CC5(CC5)CN4)[nH]3)cc21. The van der Waals surface area contributed by atoms with E-state index < -0.39 is 5.92 Å². The number of nitrogens with zero attached hydrogens (tertiary/aromatic N) is 2. The van der Waals surface area contributed by atoms with Gasteiger partial charge in [-0.25, -0.2) is 9.97 Å². The molecule has 5 aromatic rings. The molecule has 5 aliphatic rings. The van der Waals surface area contributed by atoms with Gasteiger partial charge in [0.2, 0.25) is 0 Å². The molecule has 4 fully saturated rings. The Bertz CT molecular complexity index is 1960. The molecule has 4 heterocycles. The van der Waals surface area contributed by atoms with Gasteiger partial charge in [0.1, 0.15) is 11.6 Å². The third kappa shape index (κ3) is 3.90. The summed E-state index contributed by atoms with van der Waals surface area (Å²) in [6.45, 7) is 1.04. The maximum absolute atomic E-state index is 16.1. The minimum Gasteiger partial charge on any atom is -0.341 e. The number of aromatic nitrogens is 4. The van der Waals surface area contributed by atoms with Gasteiger partial charge in [0, 0.05) is 29.3 Å². The monoisotopic (exact) mass is 610 g/mol. The van der Waals surface area contributed by atoms with E-state index in [4.69, 9.17) is 4.98 Å². The second kappa shape index (κ2) is 9.22. The first kappa shape index (κ1) is 26.8. The van der Waals surface area contributed by atoms with E-state index in [-0.39, 0.29) is 35.6 Å². The van der Waals surface area contributed by atoms with Gasteiger partial charge in [0.25, 0.3) is 5.92 Å². The molecule has 2 saturated carbocycles. The molecular formula is C35H33ClF2N6. The van der Waals surface area contributed by atoms with Crippen molar-refractivity contribution < 1.29 is 8.78 Å². The molecule has 0 amide bonds. The number of piperidine rings is 1. The van der Waals surface area contributed by atoms with Crippen molar-refractivity contribution in [1.82, 2.24) is 30.6 Å². The molecule has 0 unspecified atom stereocenters. The highest BCUT2D eigenvalue weighted by Gasteiger charge is 2.49.